The van der Waals surface area contributed by atoms with E-state index in [2.05, 4.69) is 15.3 Å². The highest BCUT2D eigenvalue weighted by Crippen LogP contribution is 2.19. The zero-order valence-corrected chi connectivity index (χ0v) is 10.2. The molecule has 1 aromatic heterocycles. The Kier molecular flexibility index (Phi) is 4.33. The van der Waals surface area contributed by atoms with Gasteiger partial charge in [0.15, 0.2) is 0 Å². The highest BCUT2D eigenvalue weighted by Gasteiger charge is 2.28. The van der Waals surface area contributed by atoms with Gasteiger partial charge in [0.05, 0.1) is 12.4 Å². The fraction of sp³-hybridized carbons (Fsp3) is 0.667. The molecule has 1 aliphatic carbocycles. The highest BCUT2D eigenvalue weighted by molar-refractivity contribution is 5.73. The van der Waals surface area contributed by atoms with Gasteiger partial charge in [-0.05, 0) is 12.8 Å². The number of aliphatic hydroxyl groups excluding tert-OH is 1. The van der Waals surface area contributed by atoms with Crippen LogP contribution < -0.4 is 5.32 Å². The number of aromatic nitrogens is 2. The second kappa shape index (κ2) is 5.97. The van der Waals surface area contributed by atoms with Gasteiger partial charge in [0.2, 0.25) is 0 Å². The molecule has 6 heteroatoms. The van der Waals surface area contributed by atoms with Crippen molar-refractivity contribution in [2.45, 2.75) is 50.3 Å². The zero-order valence-electron chi connectivity index (χ0n) is 10.2. The Morgan fingerprint density at radius 1 is 1.56 bits per heavy atom. The van der Waals surface area contributed by atoms with E-state index < -0.39 is 18.1 Å². The van der Waals surface area contributed by atoms with Crippen LogP contribution in [0.5, 0.6) is 0 Å². The van der Waals surface area contributed by atoms with Crippen molar-refractivity contribution in [1.82, 2.24) is 15.3 Å². The van der Waals surface area contributed by atoms with Crippen molar-refractivity contribution < 1.29 is 15.0 Å². The van der Waals surface area contributed by atoms with Crippen molar-refractivity contribution in [3.63, 3.8) is 0 Å². The maximum absolute atomic E-state index is 11.2. The van der Waals surface area contributed by atoms with Crippen LogP contribution in [-0.4, -0.2) is 44.3 Å². The predicted octanol–water partition coefficient (Wildman–Crippen LogP) is 0.298. The normalized spacial score (nSPS) is 25.8. The molecule has 1 heterocycles. The summed E-state index contributed by atoms with van der Waals surface area (Å²) < 4.78 is 0. The molecule has 0 bridgehead atoms. The van der Waals surface area contributed by atoms with Gasteiger partial charge in [0, 0.05) is 24.4 Å². The molecule has 0 radical (unpaired) electrons. The number of aromatic amines is 1. The molecular weight excluding hydrogens is 234 g/mol. The Balaban J connectivity index is 1.95. The standard InChI is InChI=1S/C12H19N3O3/c16-11-4-2-1-3-9(11)15-10(12(17)18)5-8-6-13-7-14-8/h6-7,9-11,15-16H,1-5H2,(H,13,14)(H,17,18)/t9-,10-,11-/m0/s1. The third-order valence-electron chi connectivity index (χ3n) is 3.42. The van der Waals surface area contributed by atoms with Crippen LogP contribution in [0.2, 0.25) is 0 Å². The molecule has 0 spiro atoms. The summed E-state index contributed by atoms with van der Waals surface area (Å²) in [5.41, 5.74) is 0.778. The fourth-order valence-electron chi connectivity index (χ4n) is 2.40. The molecule has 1 fully saturated rings. The Labute approximate surface area is 105 Å². The molecule has 18 heavy (non-hydrogen) atoms. The number of hydrogen-bond acceptors (Lipinski definition) is 4. The SMILES string of the molecule is O=C(O)[C@H](Cc1cnc[nH]1)N[C@H]1CCCC[C@@H]1O. The molecule has 1 aromatic rings. The number of nitrogens with one attached hydrogen (secondary N) is 2. The molecule has 0 aromatic carbocycles. The summed E-state index contributed by atoms with van der Waals surface area (Å²) in [6.07, 6.45) is 6.67. The van der Waals surface area contributed by atoms with E-state index in [1.807, 2.05) is 0 Å². The average molecular weight is 253 g/mol. The quantitative estimate of drug-likeness (QED) is 0.605. The Hall–Kier alpha value is -1.40. The second-order valence-electron chi connectivity index (χ2n) is 4.80. The lowest BCUT2D eigenvalue weighted by Crippen LogP contribution is -2.50. The summed E-state index contributed by atoms with van der Waals surface area (Å²) in [6.45, 7) is 0. The minimum atomic E-state index is -0.901. The third-order valence-corrected chi connectivity index (χ3v) is 3.42. The van der Waals surface area contributed by atoms with Gasteiger partial charge in [0.1, 0.15) is 6.04 Å². The van der Waals surface area contributed by atoms with E-state index in [1.54, 1.807) is 6.20 Å². The van der Waals surface area contributed by atoms with E-state index in [1.165, 1.54) is 6.33 Å². The smallest absolute Gasteiger partial charge is 0.321 e. The highest BCUT2D eigenvalue weighted by atomic mass is 16.4. The molecule has 0 aliphatic heterocycles. The van der Waals surface area contributed by atoms with Gasteiger partial charge >= 0.3 is 5.97 Å². The lowest BCUT2D eigenvalue weighted by atomic mass is 9.91. The van der Waals surface area contributed by atoms with Crippen molar-refractivity contribution in [2.24, 2.45) is 0 Å². The van der Waals surface area contributed by atoms with Gasteiger partial charge < -0.3 is 15.2 Å². The largest absolute Gasteiger partial charge is 0.480 e. The molecule has 4 N–H and O–H groups in total. The molecule has 2 rings (SSSR count). The third kappa shape index (κ3) is 3.30. The number of hydrogen-bond donors (Lipinski definition) is 4. The molecule has 0 amide bonds. The Morgan fingerprint density at radius 2 is 2.33 bits per heavy atom. The van der Waals surface area contributed by atoms with Gasteiger partial charge in [-0.3, -0.25) is 10.1 Å². The van der Waals surface area contributed by atoms with Crippen LogP contribution in [0.4, 0.5) is 0 Å². The fourth-order valence-corrected chi connectivity index (χ4v) is 2.40. The number of aliphatic hydroxyl groups is 1. The summed E-state index contributed by atoms with van der Waals surface area (Å²) in [4.78, 5) is 18.0. The summed E-state index contributed by atoms with van der Waals surface area (Å²) in [5.74, 6) is -0.901. The Morgan fingerprint density at radius 3 is 2.94 bits per heavy atom. The monoisotopic (exact) mass is 253 g/mol. The maximum atomic E-state index is 11.2. The van der Waals surface area contributed by atoms with Gasteiger partial charge in [-0.25, -0.2) is 4.98 Å². The minimum Gasteiger partial charge on any atom is -0.480 e. The summed E-state index contributed by atoms with van der Waals surface area (Å²) >= 11 is 0. The molecule has 0 unspecified atom stereocenters. The van der Waals surface area contributed by atoms with Gasteiger partial charge in [-0.2, -0.15) is 0 Å². The van der Waals surface area contributed by atoms with Crippen molar-refractivity contribution in [3.05, 3.63) is 18.2 Å². The van der Waals surface area contributed by atoms with Crippen LogP contribution >= 0.6 is 0 Å². The van der Waals surface area contributed by atoms with E-state index >= 15 is 0 Å². The lowest BCUT2D eigenvalue weighted by Gasteiger charge is -2.30. The van der Waals surface area contributed by atoms with Crippen LogP contribution in [0.1, 0.15) is 31.4 Å². The first kappa shape index (κ1) is 13.0. The molecule has 0 saturated heterocycles. The number of carboxylic acid groups (broad SMARTS) is 1. The van der Waals surface area contributed by atoms with Crippen molar-refractivity contribution in [2.75, 3.05) is 0 Å². The maximum Gasteiger partial charge on any atom is 0.321 e. The van der Waals surface area contributed by atoms with Crippen LogP contribution in [0.15, 0.2) is 12.5 Å². The number of rotatable bonds is 5. The summed E-state index contributed by atoms with van der Waals surface area (Å²) in [7, 11) is 0. The van der Waals surface area contributed by atoms with Crippen molar-refractivity contribution in [1.29, 1.82) is 0 Å². The second-order valence-corrected chi connectivity index (χ2v) is 4.80. The summed E-state index contributed by atoms with van der Waals surface area (Å²) in [5, 5.41) is 22.1. The first-order chi connectivity index (χ1) is 8.66. The van der Waals surface area contributed by atoms with Crippen molar-refractivity contribution in [3.8, 4) is 0 Å². The number of imidazole rings is 1. The molecule has 1 saturated carbocycles. The first-order valence-corrected chi connectivity index (χ1v) is 6.31. The van der Waals surface area contributed by atoms with E-state index in [4.69, 9.17) is 0 Å². The Bertz CT molecular complexity index is 380. The van der Waals surface area contributed by atoms with Crippen LogP contribution in [0, 0.1) is 0 Å². The predicted molar refractivity (Wildman–Crippen MR) is 65.1 cm³/mol. The number of nitrogens with zero attached hydrogens (tertiary/aromatic N) is 1. The number of H-pyrrole nitrogens is 1. The zero-order chi connectivity index (χ0) is 13.0. The van der Waals surface area contributed by atoms with E-state index in [0.717, 1.165) is 31.4 Å². The van der Waals surface area contributed by atoms with Gasteiger partial charge in [0.25, 0.3) is 0 Å². The average Bonchev–Trinajstić information content (AvgIpc) is 2.83. The van der Waals surface area contributed by atoms with Crippen LogP contribution in [0.25, 0.3) is 0 Å². The molecule has 6 nitrogen and oxygen atoms in total. The van der Waals surface area contributed by atoms with Crippen LogP contribution in [0.3, 0.4) is 0 Å². The number of carboxylic acids is 1. The molecule has 1 aliphatic rings. The summed E-state index contributed by atoms with van der Waals surface area (Å²) in [6, 6.07) is -0.814. The number of carbonyl (C=O) groups is 1. The molecule has 3 atom stereocenters. The lowest BCUT2D eigenvalue weighted by molar-refractivity contribution is -0.140. The number of aliphatic carboxylic acids is 1. The minimum absolute atomic E-state index is 0.122. The van der Waals surface area contributed by atoms with E-state index in [-0.39, 0.29) is 6.04 Å². The van der Waals surface area contributed by atoms with E-state index in [0.29, 0.717) is 6.42 Å². The molecular formula is C12H19N3O3. The first-order valence-electron chi connectivity index (χ1n) is 6.31. The van der Waals surface area contributed by atoms with Crippen LogP contribution in [-0.2, 0) is 11.2 Å². The topological polar surface area (TPSA) is 98.2 Å². The van der Waals surface area contributed by atoms with Crippen molar-refractivity contribution >= 4 is 5.97 Å². The van der Waals surface area contributed by atoms with Gasteiger partial charge in [-0.1, -0.05) is 12.8 Å². The van der Waals surface area contributed by atoms with E-state index in [9.17, 15) is 15.0 Å². The molecule has 100 valence electrons. The van der Waals surface area contributed by atoms with Gasteiger partial charge in [-0.15, -0.1) is 0 Å².